The number of hydrogen-bond donors (Lipinski definition) is 1. The van der Waals surface area contributed by atoms with E-state index in [1.165, 1.54) is 0 Å². The average Bonchev–Trinajstić information content (AvgIpc) is 3.29. The number of carbonyl (C=O) groups is 1. The number of hydrogen-bond acceptors (Lipinski definition) is 5. The molecule has 1 aliphatic heterocycles. The fourth-order valence-electron chi connectivity index (χ4n) is 3.15. The minimum atomic E-state index is -0.295. The zero-order chi connectivity index (χ0) is 18.8. The van der Waals surface area contributed by atoms with Gasteiger partial charge in [-0.05, 0) is 43.3 Å². The van der Waals surface area contributed by atoms with E-state index in [1.807, 2.05) is 31.2 Å². The lowest BCUT2D eigenvalue weighted by molar-refractivity contribution is 0.0311. The number of carbonyl (C=O) groups excluding carboxylic acids is 1. The summed E-state index contributed by atoms with van der Waals surface area (Å²) in [7, 11) is 0. The molecule has 3 aromatic rings. The molecule has 0 aliphatic carbocycles. The molecule has 2 aromatic heterocycles. The molecule has 1 N–H and O–H groups in total. The molecule has 27 heavy (non-hydrogen) atoms. The van der Waals surface area contributed by atoms with Crippen molar-refractivity contribution in [1.82, 2.24) is 10.2 Å². The van der Waals surface area contributed by atoms with Crippen molar-refractivity contribution in [3.8, 4) is 0 Å². The van der Waals surface area contributed by atoms with Gasteiger partial charge in [0.25, 0.3) is 5.91 Å². The summed E-state index contributed by atoms with van der Waals surface area (Å²) in [5.41, 5.74) is 0.737. The second-order valence-electron chi connectivity index (χ2n) is 6.68. The van der Waals surface area contributed by atoms with Crippen LogP contribution in [0.15, 0.2) is 45.2 Å². The van der Waals surface area contributed by atoms with Gasteiger partial charge in [0.15, 0.2) is 5.76 Å². The lowest BCUT2D eigenvalue weighted by Crippen LogP contribution is -2.35. The van der Waals surface area contributed by atoms with Crippen molar-refractivity contribution < 1.29 is 18.4 Å². The molecule has 1 aliphatic rings. The molecular weight excluding hydrogens is 368 g/mol. The summed E-state index contributed by atoms with van der Waals surface area (Å²) in [6.45, 7) is 5.75. The Hall–Kier alpha value is -2.28. The van der Waals surface area contributed by atoms with Gasteiger partial charge in [0.05, 0.1) is 25.8 Å². The molecule has 7 heteroatoms. The van der Waals surface area contributed by atoms with E-state index in [1.54, 1.807) is 12.1 Å². The van der Waals surface area contributed by atoms with E-state index in [0.29, 0.717) is 23.1 Å². The molecule has 1 fully saturated rings. The molecule has 1 aromatic carbocycles. The molecule has 0 radical (unpaired) electrons. The molecule has 0 spiro atoms. The van der Waals surface area contributed by atoms with Gasteiger partial charge in [0, 0.05) is 23.5 Å². The average molecular weight is 389 g/mol. The molecule has 3 heterocycles. The van der Waals surface area contributed by atoms with Gasteiger partial charge in [-0.15, -0.1) is 0 Å². The summed E-state index contributed by atoms with van der Waals surface area (Å²) in [5, 5.41) is 4.47. The smallest absolute Gasteiger partial charge is 0.287 e. The summed E-state index contributed by atoms with van der Waals surface area (Å²) in [4.78, 5) is 14.7. The van der Waals surface area contributed by atoms with Crippen molar-refractivity contribution in [2.24, 2.45) is 0 Å². The highest BCUT2D eigenvalue weighted by atomic mass is 35.5. The summed E-state index contributed by atoms with van der Waals surface area (Å²) < 4.78 is 16.9. The van der Waals surface area contributed by atoms with Crippen LogP contribution < -0.4 is 5.32 Å². The van der Waals surface area contributed by atoms with Crippen LogP contribution in [0.4, 0.5) is 0 Å². The van der Waals surface area contributed by atoms with Crippen LogP contribution in [0.1, 0.15) is 35.0 Å². The van der Waals surface area contributed by atoms with Gasteiger partial charge in [0.2, 0.25) is 0 Å². The molecule has 142 valence electrons. The SMILES string of the molecule is C[C@@H](NC(=O)c1ccc(CN2CCOCC2)o1)c1cc2cc(Cl)ccc2o1. The van der Waals surface area contributed by atoms with Crippen LogP contribution in [0, 0.1) is 0 Å². The first-order chi connectivity index (χ1) is 13.1. The predicted octanol–water partition coefficient (Wildman–Crippen LogP) is 4.00. The number of ether oxygens (including phenoxy) is 1. The molecule has 4 rings (SSSR count). The highest BCUT2D eigenvalue weighted by molar-refractivity contribution is 6.31. The Labute approximate surface area is 162 Å². The minimum Gasteiger partial charge on any atom is -0.459 e. The van der Waals surface area contributed by atoms with E-state index in [0.717, 1.165) is 43.0 Å². The fraction of sp³-hybridized carbons (Fsp3) is 0.350. The van der Waals surface area contributed by atoms with Crippen molar-refractivity contribution >= 4 is 28.5 Å². The van der Waals surface area contributed by atoms with Crippen LogP contribution in [0.25, 0.3) is 11.0 Å². The Bertz CT molecular complexity index is 943. The lowest BCUT2D eigenvalue weighted by atomic mass is 10.2. The number of furan rings is 2. The van der Waals surface area contributed by atoms with E-state index in [4.69, 9.17) is 25.2 Å². The summed E-state index contributed by atoms with van der Waals surface area (Å²) in [6, 6.07) is 10.6. The van der Waals surface area contributed by atoms with Gasteiger partial charge < -0.3 is 18.9 Å². The zero-order valence-corrected chi connectivity index (χ0v) is 15.8. The first-order valence-corrected chi connectivity index (χ1v) is 9.35. The Balaban J connectivity index is 1.40. The molecule has 1 saturated heterocycles. The molecule has 6 nitrogen and oxygen atoms in total. The Morgan fingerprint density at radius 1 is 1.19 bits per heavy atom. The van der Waals surface area contributed by atoms with Gasteiger partial charge >= 0.3 is 0 Å². The van der Waals surface area contributed by atoms with Crippen LogP contribution >= 0.6 is 11.6 Å². The second kappa shape index (κ2) is 7.76. The lowest BCUT2D eigenvalue weighted by Gasteiger charge is -2.25. The third-order valence-electron chi connectivity index (χ3n) is 4.64. The zero-order valence-electron chi connectivity index (χ0n) is 15.0. The maximum Gasteiger partial charge on any atom is 0.287 e. The van der Waals surface area contributed by atoms with E-state index in [2.05, 4.69) is 10.2 Å². The van der Waals surface area contributed by atoms with Gasteiger partial charge in [-0.3, -0.25) is 9.69 Å². The topological polar surface area (TPSA) is 67.9 Å². The van der Waals surface area contributed by atoms with Gasteiger partial charge in [-0.1, -0.05) is 11.6 Å². The number of morpholine rings is 1. The minimum absolute atomic E-state index is 0.269. The van der Waals surface area contributed by atoms with Crippen molar-refractivity contribution in [3.05, 3.63) is 58.7 Å². The largest absolute Gasteiger partial charge is 0.459 e. The Morgan fingerprint density at radius 3 is 2.81 bits per heavy atom. The Kier molecular flexibility index (Phi) is 5.20. The van der Waals surface area contributed by atoms with Crippen molar-refractivity contribution in [3.63, 3.8) is 0 Å². The van der Waals surface area contributed by atoms with Gasteiger partial charge in [-0.25, -0.2) is 0 Å². The molecule has 0 saturated carbocycles. The number of fused-ring (bicyclic) bond motifs is 1. The molecular formula is C20H21ClN2O4. The molecule has 0 bridgehead atoms. The monoisotopic (exact) mass is 388 g/mol. The van der Waals surface area contributed by atoms with E-state index >= 15 is 0 Å². The van der Waals surface area contributed by atoms with Gasteiger partial charge in [0.1, 0.15) is 17.1 Å². The maximum atomic E-state index is 12.5. The van der Waals surface area contributed by atoms with Crippen LogP contribution in [0.5, 0.6) is 0 Å². The standard InChI is InChI=1S/C20H21ClN2O4/c1-13(19-11-14-10-15(21)2-4-17(14)27-19)22-20(24)18-5-3-16(26-18)12-23-6-8-25-9-7-23/h2-5,10-11,13H,6-9,12H2,1H3,(H,22,24)/t13-/m1/s1. The number of amides is 1. The summed E-state index contributed by atoms with van der Waals surface area (Å²) in [6.07, 6.45) is 0. The first kappa shape index (κ1) is 18.1. The summed E-state index contributed by atoms with van der Waals surface area (Å²) >= 11 is 6.01. The van der Waals surface area contributed by atoms with Crippen molar-refractivity contribution in [1.29, 1.82) is 0 Å². The third kappa shape index (κ3) is 4.18. The molecule has 1 amide bonds. The number of nitrogens with zero attached hydrogens (tertiary/aromatic N) is 1. The van der Waals surface area contributed by atoms with Crippen LogP contribution in [-0.4, -0.2) is 37.1 Å². The number of halogens is 1. The first-order valence-electron chi connectivity index (χ1n) is 8.97. The number of benzene rings is 1. The molecule has 1 atom stereocenters. The number of rotatable bonds is 5. The second-order valence-corrected chi connectivity index (χ2v) is 7.12. The quantitative estimate of drug-likeness (QED) is 0.715. The van der Waals surface area contributed by atoms with Crippen LogP contribution in [-0.2, 0) is 11.3 Å². The van der Waals surface area contributed by atoms with Gasteiger partial charge in [-0.2, -0.15) is 0 Å². The Morgan fingerprint density at radius 2 is 2.00 bits per heavy atom. The summed E-state index contributed by atoms with van der Waals surface area (Å²) in [5.74, 6) is 1.47. The fourth-order valence-corrected chi connectivity index (χ4v) is 3.33. The van der Waals surface area contributed by atoms with Crippen molar-refractivity contribution in [2.75, 3.05) is 26.3 Å². The predicted molar refractivity (Wildman–Crippen MR) is 102 cm³/mol. The highest BCUT2D eigenvalue weighted by Gasteiger charge is 2.19. The number of nitrogens with one attached hydrogen (secondary N) is 1. The van der Waals surface area contributed by atoms with Crippen LogP contribution in [0.3, 0.4) is 0 Å². The van der Waals surface area contributed by atoms with Crippen LogP contribution in [0.2, 0.25) is 5.02 Å². The highest BCUT2D eigenvalue weighted by Crippen LogP contribution is 2.26. The normalized spacial score (nSPS) is 16.5. The van der Waals surface area contributed by atoms with E-state index in [-0.39, 0.29) is 11.9 Å². The third-order valence-corrected chi connectivity index (χ3v) is 4.88. The van der Waals surface area contributed by atoms with E-state index in [9.17, 15) is 4.79 Å². The maximum absolute atomic E-state index is 12.5. The van der Waals surface area contributed by atoms with Crippen molar-refractivity contribution in [2.45, 2.75) is 19.5 Å². The van der Waals surface area contributed by atoms with E-state index < -0.39 is 0 Å². The molecule has 0 unspecified atom stereocenters.